The molecule has 0 spiro atoms. The Kier molecular flexibility index (Phi) is 7.78. The summed E-state index contributed by atoms with van der Waals surface area (Å²) >= 11 is 13.7. The van der Waals surface area contributed by atoms with Gasteiger partial charge in [0, 0.05) is 37.8 Å². The maximum Gasteiger partial charge on any atom is 0.338 e. The second-order valence-electron chi connectivity index (χ2n) is 9.91. The van der Waals surface area contributed by atoms with E-state index in [2.05, 4.69) is 21.0 Å². The van der Waals surface area contributed by atoms with Crippen molar-refractivity contribution in [2.45, 2.75) is 20.4 Å². The number of aromatic carboxylic acids is 1. The standard InChI is InChI=1S/C32H21Cl2N5O4S/c1-16-11-22(30-29(37-16)24(15-44-30)32(41)42)21-12-20(34)7-8-26(21)43-10-9-39-17(2)38-25-14-36-28(18-3-5-19(33)6-4-18)23(13-35)27(25)31(39)40/h3-8,11-12,14-15H,9-10H2,1-2H3,(H,41,42). The van der Waals surface area contributed by atoms with Crippen molar-refractivity contribution in [3.63, 3.8) is 0 Å². The number of thiophene rings is 1. The van der Waals surface area contributed by atoms with Crippen molar-refractivity contribution in [2.75, 3.05) is 6.61 Å². The lowest BCUT2D eigenvalue weighted by molar-refractivity contribution is 0.0699. The van der Waals surface area contributed by atoms with E-state index in [9.17, 15) is 20.0 Å². The molecule has 44 heavy (non-hydrogen) atoms. The summed E-state index contributed by atoms with van der Waals surface area (Å²) in [7, 11) is 0. The lowest BCUT2D eigenvalue weighted by Crippen LogP contribution is -2.27. The molecule has 12 heteroatoms. The first-order chi connectivity index (χ1) is 21.2. The summed E-state index contributed by atoms with van der Waals surface area (Å²) in [5.74, 6) is -0.111. The lowest BCUT2D eigenvalue weighted by Gasteiger charge is -2.16. The first kappa shape index (κ1) is 29.3. The molecule has 0 aliphatic rings. The van der Waals surface area contributed by atoms with E-state index in [1.807, 2.05) is 6.07 Å². The van der Waals surface area contributed by atoms with E-state index in [4.69, 9.17) is 27.9 Å². The van der Waals surface area contributed by atoms with Crippen LogP contribution in [0, 0.1) is 25.2 Å². The Morgan fingerprint density at radius 3 is 2.55 bits per heavy atom. The van der Waals surface area contributed by atoms with Crippen molar-refractivity contribution < 1.29 is 14.6 Å². The molecule has 0 radical (unpaired) electrons. The van der Waals surface area contributed by atoms with Crippen LogP contribution in [0.1, 0.15) is 27.4 Å². The molecule has 218 valence electrons. The molecule has 0 unspecified atom stereocenters. The number of ether oxygens (including phenoxy) is 1. The highest BCUT2D eigenvalue weighted by molar-refractivity contribution is 7.18. The smallest absolute Gasteiger partial charge is 0.338 e. The Bertz CT molecular complexity index is 2220. The maximum atomic E-state index is 13.8. The number of hydrogen-bond acceptors (Lipinski definition) is 8. The van der Waals surface area contributed by atoms with Crippen LogP contribution >= 0.6 is 34.5 Å². The van der Waals surface area contributed by atoms with E-state index < -0.39 is 5.97 Å². The summed E-state index contributed by atoms with van der Waals surface area (Å²) < 4.78 is 8.37. The van der Waals surface area contributed by atoms with Gasteiger partial charge in [0.1, 0.15) is 24.3 Å². The van der Waals surface area contributed by atoms with E-state index in [1.54, 1.807) is 61.7 Å². The summed E-state index contributed by atoms with van der Waals surface area (Å²) in [5, 5.41) is 22.5. The Labute approximate surface area is 264 Å². The number of halogens is 2. The third-order valence-corrected chi connectivity index (χ3v) is 8.60. The number of carboxylic acids is 1. The summed E-state index contributed by atoms with van der Waals surface area (Å²) in [4.78, 5) is 39.0. The predicted octanol–water partition coefficient (Wildman–Crippen LogP) is 7.31. The molecule has 0 saturated heterocycles. The third-order valence-electron chi connectivity index (χ3n) is 7.11. The summed E-state index contributed by atoms with van der Waals surface area (Å²) in [6, 6.07) is 16.1. The van der Waals surface area contributed by atoms with Crippen LogP contribution in [0.3, 0.4) is 0 Å². The van der Waals surface area contributed by atoms with E-state index in [0.717, 1.165) is 5.56 Å². The van der Waals surface area contributed by atoms with E-state index in [0.29, 0.717) is 59.9 Å². The van der Waals surface area contributed by atoms with Gasteiger partial charge in [0.2, 0.25) is 0 Å². The van der Waals surface area contributed by atoms with Crippen LogP contribution in [-0.2, 0) is 6.54 Å². The number of rotatable bonds is 7. The van der Waals surface area contributed by atoms with Crippen molar-refractivity contribution in [3.8, 4) is 34.2 Å². The predicted molar refractivity (Wildman–Crippen MR) is 171 cm³/mol. The van der Waals surface area contributed by atoms with Gasteiger partial charge in [-0.1, -0.05) is 35.3 Å². The van der Waals surface area contributed by atoms with Crippen LogP contribution in [0.2, 0.25) is 10.0 Å². The minimum absolute atomic E-state index is 0.0948. The number of nitriles is 1. The second kappa shape index (κ2) is 11.7. The van der Waals surface area contributed by atoms with Gasteiger partial charge in [0.25, 0.3) is 5.56 Å². The molecule has 0 saturated carbocycles. The van der Waals surface area contributed by atoms with Gasteiger partial charge in [-0.2, -0.15) is 5.26 Å². The van der Waals surface area contributed by atoms with E-state index >= 15 is 0 Å². The molecule has 6 rings (SSSR count). The topological polar surface area (TPSA) is 131 Å². The van der Waals surface area contributed by atoms with Crippen LogP contribution in [0.15, 0.2) is 64.9 Å². The Morgan fingerprint density at radius 1 is 1.07 bits per heavy atom. The number of carboxylic acid groups (broad SMARTS) is 1. The van der Waals surface area contributed by atoms with Crippen molar-refractivity contribution in [2.24, 2.45) is 0 Å². The van der Waals surface area contributed by atoms with Gasteiger partial charge in [-0.25, -0.2) is 9.78 Å². The Hall–Kier alpha value is -4.82. The summed E-state index contributed by atoms with van der Waals surface area (Å²) in [5.41, 5.74) is 3.67. The number of aryl methyl sites for hydroxylation is 2. The van der Waals surface area contributed by atoms with Gasteiger partial charge >= 0.3 is 5.97 Å². The fraction of sp³-hybridized carbons (Fsp3) is 0.125. The van der Waals surface area contributed by atoms with Gasteiger partial charge in [-0.05, 0) is 50.2 Å². The quantitative estimate of drug-likeness (QED) is 0.192. The molecular weight excluding hydrogens is 621 g/mol. The average molecular weight is 643 g/mol. The molecule has 0 amide bonds. The summed E-state index contributed by atoms with van der Waals surface area (Å²) in [6.07, 6.45) is 1.49. The highest BCUT2D eigenvalue weighted by atomic mass is 35.5. The number of fused-ring (bicyclic) bond motifs is 2. The summed E-state index contributed by atoms with van der Waals surface area (Å²) in [6.45, 7) is 3.74. The molecule has 4 heterocycles. The molecule has 6 aromatic rings. The first-order valence-corrected chi connectivity index (χ1v) is 14.9. The highest BCUT2D eigenvalue weighted by Crippen LogP contribution is 2.40. The fourth-order valence-corrected chi connectivity index (χ4v) is 6.40. The zero-order chi connectivity index (χ0) is 31.1. The van der Waals surface area contributed by atoms with Crippen molar-refractivity contribution >= 4 is 61.6 Å². The van der Waals surface area contributed by atoms with Crippen molar-refractivity contribution in [3.05, 3.63) is 103 Å². The number of aromatic nitrogens is 4. The molecule has 0 fully saturated rings. The Morgan fingerprint density at radius 2 is 1.82 bits per heavy atom. The van der Waals surface area contributed by atoms with E-state index in [1.165, 1.54) is 22.1 Å². The van der Waals surface area contributed by atoms with Crippen LogP contribution in [0.5, 0.6) is 5.75 Å². The molecule has 2 aromatic carbocycles. The normalized spacial score (nSPS) is 11.2. The zero-order valence-corrected chi connectivity index (χ0v) is 25.6. The van der Waals surface area contributed by atoms with Gasteiger partial charge in [-0.15, -0.1) is 11.3 Å². The molecule has 0 aliphatic heterocycles. The minimum atomic E-state index is -1.05. The van der Waals surface area contributed by atoms with Crippen LogP contribution < -0.4 is 10.3 Å². The largest absolute Gasteiger partial charge is 0.491 e. The fourth-order valence-electron chi connectivity index (χ4n) is 5.09. The van der Waals surface area contributed by atoms with Crippen LogP contribution in [-0.4, -0.2) is 37.2 Å². The molecule has 4 aromatic heterocycles. The average Bonchev–Trinajstić information content (AvgIpc) is 3.43. The molecule has 0 bridgehead atoms. The molecule has 0 atom stereocenters. The highest BCUT2D eigenvalue weighted by Gasteiger charge is 2.20. The monoisotopic (exact) mass is 641 g/mol. The number of pyridine rings is 2. The van der Waals surface area contributed by atoms with Gasteiger partial charge in [0.15, 0.2) is 0 Å². The van der Waals surface area contributed by atoms with Crippen molar-refractivity contribution in [1.82, 2.24) is 19.5 Å². The molecule has 0 aliphatic carbocycles. The lowest BCUT2D eigenvalue weighted by atomic mass is 10.0. The first-order valence-electron chi connectivity index (χ1n) is 13.3. The molecular formula is C32H21Cl2N5O4S. The minimum Gasteiger partial charge on any atom is -0.491 e. The SMILES string of the molecule is Cc1cc(-c2cc(Cl)ccc2OCCn2c(C)nc3cnc(-c4ccc(Cl)cc4)c(C#N)c3c2=O)c2scc(C(=O)O)c2n1. The van der Waals surface area contributed by atoms with E-state index in [-0.39, 0.29) is 35.2 Å². The van der Waals surface area contributed by atoms with Crippen LogP contribution in [0.4, 0.5) is 0 Å². The Balaban J connectivity index is 1.36. The molecule has 9 nitrogen and oxygen atoms in total. The number of hydrogen-bond donors (Lipinski definition) is 1. The number of nitrogens with zero attached hydrogens (tertiary/aromatic N) is 5. The second-order valence-corrected chi connectivity index (χ2v) is 11.7. The van der Waals surface area contributed by atoms with Gasteiger partial charge in [0.05, 0.1) is 50.7 Å². The zero-order valence-electron chi connectivity index (χ0n) is 23.3. The number of carbonyl (C=O) groups is 1. The third kappa shape index (κ3) is 5.26. The number of benzene rings is 2. The van der Waals surface area contributed by atoms with Gasteiger partial charge < -0.3 is 9.84 Å². The maximum absolute atomic E-state index is 13.8. The molecule has 1 N–H and O–H groups in total. The van der Waals surface area contributed by atoms with Crippen molar-refractivity contribution in [1.29, 1.82) is 5.26 Å². The van der Waals surface area contributed by atoms with Crippen LogP contribution in [0.25, 0.3) is 43.5 Å². The van der Waals surface area contributed by atoms with Gasteiger partial charge in [-0.3, -0.25) is 19.3 Å².